The molecule has 2 aromatic rings. The lowest BCUT2D eigenvalue weighted by molar-refractivity contribution is -0.129. The second kappa shape index (κ2) is 7.20. The summed E-state index contributed by atoms with van der Waals surface area (Å²) in [6, 6.07) is 6.00. The number of aryl methyl sites for hydroxylation is 1. The predicted molar refractivity (Wildman–Crippen MR) is 85.4 cm³/mol. The van der Waals surface area contributed by atoms with Crippen LogP contribution in [0, 0.1) is 5.82 Å². The minimum Gasteiger partial charge on any atom is -0.346 e. The van der Waals surface area contributed by atoms with E-state index < -0.39 is 0 Å². The van der Waals surface area contributed by atoms with Crippen LogP contribution in [-0.4, -0.2) is 29.4 Å². The van der Waals surface area contributed by atoms with E-state index >= 15 is 0 Å². The summed E-state index contributed by atoms with van der Waals surface area (Å²) in [7, 11) is 1.78. The Morgan fingerprint density at radius 1 is 1.32 bits per heavy atom. The maximum atomic E-state index is 13.1. The van der Waals surface area contributed by atoms with Gasteiger partial charge in [-0.1, -0.05) is 13.3 Å². The van der Waals surface area contributed by atoms with E-state index in [1.54, 1.807) is 24.1 Å². The average Bonchev–Trinajstić information content (AvgIpc) is 2.50. The number of amides is 1. The zero-order valence-electron chi connectivity index (χ0n) is 13.0. The Labute approximate surface area is 129 Å². The standard InChI is InChI=1S/C17H21FN2O2/c1-3-4-9-20(2)16(21)8-6-13-10-12-5-7-14(18)11-15(12)19-17(13)22/h5,7,10-11H,3-4,6,8-9H2,1-2H3,(H,19,22). The summed E-state index contributed by atoms with van der Waals surface area (Å²) in [4.78, 5) is 28.4. The second-order valence-electron chi connectivity index (χ2n) is 5.52. The Morgan fingerprint density at radius 3 is 2.82 bits per heavy atom. The van der Waals surface area contributed by atoms with Gasteiger partial charge in [0.15, 0.2) is 0 Å². The van der Waals surface area contributed by atoms with Gasteiger partial charge in [0.05, 0.1) is 5.52 Å². The number of benzene rings is 1. The fourth-order valence-electron chi connectivity index (χ4n) is 2.36. The van der Waals surface area contributed by atoms with E-state index in [9.17, 15) is 14.0 Å². The Hall–Kier alpha value is -2.17. The molecule has 0 aliphatic rings. The number of carbonyl (C=O) groups excluding carboxylic acids is 1. The van der Waals surface area contributed by atoms with Gasteiger partial charge in [0.25, 0.3) is 5.56 Å². The van der Waals surface area contributed by atoms with Crippen LogP contribution in [0.5, 0.6) is 0 Å². The molecule has 22 heavy (non-hydrogen) atoms. The lowest BCUT2D eigenvalue weighted by Gasteiger charge is -2.16. The summed E-state index contributed by atoms with van der Waals surface area (Å²) in [6.07, 6.45) is 2.71. The molecule has 0 atom stereocenters. The van der Waals surface area contributed by atoms with Crippen molar-refractivity contribution in [3.63, 3.8) is 0 Å². The molecule has 4 nitrogen and oxygen atoms in total. The number of halogens is 1. The van der Waals surface area contributed by atoms with Gasteiger partial charge in [-0.25, -0.2) is 4.39 Å². The molecule has 118 valence electrons. The highest BCUT2D eigenvalue weighted by Crippen LogP contribution is 2.13. The Morgan fingerprint density at radius 2 is 2.09 bits per heavy atom. The number of H-pyrrole nitrogens is 1. The second-order valence-corrected chi connectivity index (χ2v) is 5.52. The monoisotopic (exact) mass is 304 g/mol. The molecule has 1 heterocycles. The number of hydrogen-bond donors (Lipinski definition) is 1. The number of aromatic nitrogens is 1. The Balaban J connectivity index is 2.08. The number of nitrogens with one attached hydrogen (secondary N) is 1. The highest BCUT2D eigenvalue weighted by molar-refractivity contribution is 5.79. The summed E-state index contributed by atoms with van der Waals surface area (Å²) in [6.45, 7) is 2.82. The SMILES string of the molecule is CCCCN(C)C(=O)CCc1cc2ccc(F)cc2[nH]c1=O. The molecule has 0 aliphatic heterocycles. The number of fused-ring (bicyclic) bond motifs is 1. The van der Waals surface area contributed by atoms with Gasteiger partial charge in [0.1, 0.15) is 5.82 Å². The quantitative estimate of drug-likeness (QED) is 0.892. The molecule has 5 heteroatoms. The smallest absolute Gasteiger partial charge is 0.251 e. The lowest BCUT2D eigenvalue weighted by Crippen LogP contribution is -2.28. The third kappa shape index (κ3) is 3.93. The number of nitrogens with zero attached hydrogens (tertiary/aromatic N) is 1. The van der Waals surface area contributed by atoms with E-state index in [-0.39, 0.29) is 17.3 Å². The van der Waals surface area contributed by atoms with Gasteiger partial charge >= 0.3 is 0 Å². The van der Waals surface area contributed by atoms with E-state index in [2.05, 4.69) is 11.9 Å². The summed E-state index contributed by atoms with van der Waals surface area (Å²) < 4.78 is 13.1. The molecule has 1 amide bonds. The topological polar surface area (TPSA) is 53.2 Å². The fraction of sp³-hybridized carbons (Fsp3) is 0.412. The molecular formula is C17H21FN2O2. The first-order valence-electron chi connectivity index (χ1n) is 7.56. The number of pyridine rings is 1. The lowest BCUT2D eigenvalue weighted by atomic mass is 10.1. The molecule has 2 rings (SSSR count). The molecule has 1 aromatic heterocycles. The predicted octanol–water partition coefficient (Wildman–Crippen LogP) is 2.86. The van der Waals surface area contributed by atoms with E-state index in [4.69, 9.17) is 0 Å². The minimum atomic E-state index is -0.386. The van der Waals surface area contributed by atoms with Crippen LogP contribution in [0.4, 0.5) is 4.39 Å². The van der Waals surface area contributed by atoms with E-state index in [1.165, 1.54) is 12.1 Å². The van der Waals surface area contributed by atoms with E-state index in [0.29, 0.717) is 23.9 Å². The number of rotatable bonds is 6. The molecule has 0 saturated carbocycles. The molecule has 0 aliphatic carbocycles. The first-order chi connectivity index (χ1) is 10.5. The Kier molecular flexibility index (Phi) is 5.31. The molecule has 0 spiro atoms. The zero-order valence-corrected chi connectivity index (χ0v) is 13.0. The molecule has 1 N–H and O–H groups in total. The molecule has 0 saturated heterocycles. The van der Waals surface area contributed by atoms with Crippen molar-refractivity contribution in [1.29, 1.82) is 0 Å². The van der Waals surface area contributed by atoms with Gasteiger partial charge in [-0.15, -0.1) is 0 Å². The highest BCUT2D eigenvalue weighted by Gasteiger charge is 2.10. The van der Waals surface area contributed by atoms with Crippen molar-refractivity contribution in [3.05, 3.63) is 46.0 Å². The van der Waals surface area contributed by atoms with Crippen LogP contribution in [0.1, 0.15) is 31.7 Å². The molecule has 0 fully saturated rings. The van der Waals surface area contributed by atoms with Crippen molar-refractivity contribution in [2.45, 2.75) is 32.6 Å². The number of carbonyl (C=O) groups is 1. The molecule has 0 bridgehead atoms. The molecule has 1 aromatic carbocycles. The van der Waals surface area contributed by atoms with Crippen LogP contribution in [0.15, 0.2) is 29.1 Å². The van der Waals surface area contributed by atoms with Crippen LogP contribution in [-0.2, 0) is 11.2 Å². The number of aromatic amines is 1. The summed E-state index contributed by atoms with van der Waals surface area (Å²) in [5.74, 6) is -0.351. The van der Waals surface area contributed by atoms with Crippen molar-refractivity contribution >= 4 is 16.8 Å². The summed E-state index contributed by atoms with van der Waals surface area (Å²) in [5.41, 5.74) is 0.763. The summed E-state index contributed by atoms with van der Waals surface area (Å²) >= 11 is 0. The third-order valence-electron chi connectivity index (χ3n) is 3.77. The van der Waals surface area contributed by atoms with Crippen molar-refractivity contribution in [2.24, 2.45) is 0 Å². The fourth-order valence-corrected chi connectivity index (χ4v) is 2.36. The molecule has 0 unspecified atom stereocenters. The normalized spacial score (nSPS) is 10.9. The van der Waals surface area contributed by atoms with Gasteiger partial charge in [-0.2, -0.15) is 0 Å². The van der Waals surface area contributed by atoms with Gasteiger partial charge in [-0.05, 0) is 42.5 Å². The van der Waals surface area contributed by atoms with Gasteiger partial charge < -0.3 is 9.88 Å². The van der Waals surface area contributed by atoms with Crippen molar-refractivity contribution in [2.75, 3.05) is 13.6 Å². The number of hydrogen-bond acceptors (Lipinski definition) is 2. The van der Waals surface area contributed by atoms with Crippen LogP contribution < -0.4 is 5.56 Å². The van der Waals surface area contributed by atoms with Gasteiger partial charge in [0.2, 0.25) is 5.91 Å². The van der Waals surface area contributed by atoms with Crippen LogP contribution in [0.3, 0.4) is 0 Å². The third-order valence-corrected chi connectivity index (χ3v) is 3.77. The van der Waals surface area contributed by atoms with E-state index in [0.717, 1.165) is 24.8 Å². The molecular weight excluding hydrogens is 283 g/mol. The van der Waals surface area contributed by atoms with Gasteiger partial charge in [-0.3, -0.25) is 9.59 Å². The molecule has 0 radical (unpaired) electrons. The Bertz CT molecular complexity index is 724. The minimum absolute atomic E-state index is 0.0343. The van der Waals surface area contributed by atoms with Gasteiger partial charge in [0, 0.05) is 25.6 Å². The first kappa shape index (κ1) is 16.2. The van der Waals surface area contributed by atoms with Crippen molar-refractivity contribution in [3.8, 4) is 0 Å². The maximum Gasteiger partial charge on any atom is 0.251 e. The zero-order chi connectivity index (χ0) is 16.1. The first-order valence-corrected chi connectivity index (χ1v) is 7.56. The van der Waals surface area contributed by atoms with Crippen LogP contribution in [0.2, 0.25) is 0 Å². The van der Waals surface area contributed by atoms with Crippen LogP contribution in [0.25, 0.3) is 10.9 Å². The van der Waals surface area contributed by atoms with E-state index in [1.807, 2.05) is 0 Å². The van der Waals surface area contributed by atoms with Crippen molar-refractivity contribution in [1.82, 2.24) is 9.88 Å². The number of unbranched alkanes of at least 4 members (excludes halogenated alkanes) is 1. The van der Waals surface area contributed by atoms with Crippen LogP contribution >= 0.6 is 0 Å². The highest BCUT2D eigenvalue weighted by atomic mass is 19.1. The maximum absolute atomic E-state index is 13.1. The average molecular weight is 304 g/mol. The van der Waals surface area contributed by atoms with Crippen molar-refractivity contribution < 1.29 is 9.18 Å². The summed E-state index contributed by atoms with van der Waals surface area (Å²) in [5, 5.41) is 0.766. The largest absolute Gasteiger partial charge is 0.346 e.